The van der Waals surface area contributed by atoms with Crippen molar-refractivity contribution in [2.75, 3.05) is 13.7 Å². The Bertz CT molecular complexity index is 380. The largest absolute Gasteiger partial charge is 0.494 e. The number of benzene rings is 1. The van der Waals surface area contributed by atoms with E-state index in [9.17, 15) is 0 Å². The topological polar surface area (TPSA) is 21.3 Å². The number of ether oxygens (including phenoxy) is 1. The number of hydrogen-bond acceptors (Lipinski definition) is 3. The molecule has 0 saturated carbocycles. The summed E-state index contributed by atoms with van der Waals surface area (Å²) in [6.07, 6.45) is 1.20. The van der Waals surface area contributed by atoms with Gasteiger partial charge in [-0.1, -0.05) is 13.0 Å². The van der Waals surface area contributed by atoms with E-state index in [-0.39, 0.29) is 0 Å². The molecule has 0 spiro atoms. The summed E-state index contributed by atoms with van der Waals surface area (Å²) in [6, 6.07) is 6.96. The molecule has 0 fully saturated rings. The summed E-state index contributed by atoms with van der Waals surface area (Å²) >= 11 is 2.05. The Hall–Kier alpha value is -0.670. The smallest absolute Gasteiger partial charge is 0.119 e. The van der Waals surface area contributed by atoms with Crippen molar-refractivity contribution < 1.29 is 4.74 Å². The van der Waals surface area contributed by atoms with E-state index in [1.165, 1.54) is 17.5 Å². The molecular formula is C14H21NOS. The van der Waals surface area contributed by atoms with Crippen LogP contribution >= 0.6 is 11.8 Å². The van der Waals surface area contributed by atoms with Gasteiger partial charge in [0.2, 0.25) is 0 Å². The predicted octanol–water partition coefficient (Wildman–Crippen LogP) is 3.37. The zero-order valence-corrected chi connectivity index (χ0v) is 11.6. The fraction of sp³-hybridized carbons (Fsp3) is 0.571. The summed E-state index contributed by atoms with van der Waals surface area (Å²) in [7, 11) is 2.05. The van der Waals surface area contributed by atoms with Crippen LogP contribution in [-0.2, 0) is 5.75 Å². The number of thioether (sulfide) groups is 1. The van der Waals surface area contributed by atoms with Gasteiger partial charge in [-0.05, 0) is 43.7 Å². The van der Waals surface area contributed by atoms with Crippen LogP contribution in [0, 0.1) is 0 Å². The first kappa shape index (κ1) is 12.8. The molecule has 0 bridgehead atoms. The minimum Gasteiger partial charge on any atom is -0.494 e. The highest BCUT2D eigenvalue weighted by Crippen LogP contribution is 2.40. The molecule has 94 valence electrons. The molecule has 0 aromatic heterocycles. The van der Waals surface area contributed by atoms with Crippen LogP contribution in [0.5, 0.6) is 5.75 Å². The quantitative estimate of drug-likeness (QED) is 0.886. The van der Waals surface area contributed by atoms with E-state index >= 15 is 0 Å². The van der Waals surface area contributed by atoms with Gasteiger partial charge < -0.3 is 10.1 Å². The third-order valence-corrected chi connectivity index (χ3v) is 4.81. The van der Waals surface area contributed by atoms with Gasteiger partial charge in [-0.15, -0.1) is 0 Å². The average molecular weight is 251 g/mol. The maximum absolute atomic E-state index is 5.60. The van der Waals surface area contributed by atoms with E-state index in [1.54, 1.807) is 0 Å². The summed E-state index contributed by atoms with van der Waals surface area (Å²) < 4.78 is 5.60. The number of fused-ring (bicyclic) bond motifs is 1. The lowest BCUT2D eigenvalue weighted by atomic mass is 9.96. The lowest BCUT2D eigenvalue weighted by Gasteiger charge is -2.32. The van der Waals surface area contributed by atoms with Gasteiger partial charge in [-0.25, -0.2) is 0 Å². The molecule has 1 N–H and O–H groups in total. The first-order valence-corrected chi connectivity index (χ1v) is 7.39. The summed E-state index contributed by atoms with van der Waals surface area (Å²) in [4.78, 5) is 0. The molecule has 1 aliphatic rings. The standard InChI is InChI=1S/C14H21NOS/c1-4-13-14(15-3)12-8-11(16-5-2)7-6-10(12)9-17-13/h6-8,13-15H,4-5,9H2,1-3H3. The Balaban J connectivity index is 2.32. The SMILES string of the molecule is CCOc1ccc2c(c1)C(NC)C(CC)SC2. The van der Waals surface area contributed by atoms with Gasteiger partial charge in [-0.2, -0.15) is 11.8 Å². The van der Waals surface area contributed by atoms with Crippen LogP contribution in [0.3, 0.4) is 0 Å². The molecule has 1 aromatic carbocycles. The second kappa shape index (κ2) is 5.78. The maximum atomic E-state index is 5.60. The average Bonchev–Trinajstić information content (AvgIpc) is 2.37. The molecule has 0 radical (unpaired) electrons. The van der Waals surface area contributed by atoms with Crippen molar-refractivity contribution in [2.45, 2.75) is 37.3 Å². The molecule has 2 rings (SSSR count). The molecule has 0 aliphatic carbocycles. The van der Waals surface area contributed by atoms with Crippen LogP contribution in [-0.4, -0.2) is 18.9 Å². The summed E-state index contributed by atoms with van der Waals surface area (Å²) in [5.41, 5.74) is 2.87. The molecule has 17 heavy (non-hydrogen) atoms. The minimum atomic E-state index is 0.453. The summed E-state index contributed by atoms with van der Waals surface area (Å²) in [5.74, 6) is 2.12. The number of rotatable bonds is 4. The monoisotopic (exact) mass is 251 g/mol. The van der Waals surface area contributed by atoms with Crippen LogP contribution in [0.4, 0.5) is 0 Å². The van der Waals surface area contributed by atoms with Gasteiger partial charge in [0.05, 0.1) is 6.61 Å². The molecule has 0 amide bonds. The van der Waals surface area contributed by atoms with Crippen LogP contribution in [0.25, 0.3) is 0 Å². The van der Waals surface area contributed by atoms with E-state index in [0.717, 1.165) is 18.1 Å². The van der Waals surface area contributed by atoms with Gasteiger partial charge in [0.25, 0.3) is 0 Å². The maximum Gasteiger partial charge on any atom is 0.119 e. The number of hydrogen-bond donors (Lipinski definition) is 1. The molecule has 1 aromatic rings. The Kier molecular flexibility index (Phi) is 4.35. The van der Waals surface area contributed by atoms with Gasteiger partial charge >= 0.3 is 0 Å². The van der Waals surface area contributed by atoms with Crippen molar-refractivity contribution in [3.8, 4) is 5.75 Å². The molecule has 1 heterocycles. The Morgan fingerprint density at radius 3 is 2.88 bits per heavy atom. The van der Waals surface area contributed by atoms with E-state index in [1.807, 2.05) is 6.92 Å². The molecule has 2 unspecified atom stereocenters. The highest BCUT2D eigenvalue weighted by Gasteiger charge is 2.27. The minimum absolute atomic E-state index is 0.453. The zero-order chi connectivity index (χ0) is 12.3. The first-order chi connectivity index (χ1) is 8.30. The van der Waals surface area contributed by atoms with Crippen LogP contribution < -0.4 is 10.1 Å². The highest BCUT2D eigenvalue weighted by molar-refractivity contribution is 7.99. The molecule has 2 atom stereocenters. The van der Waals surface area contributed by atoms with Crippen LogP contribution in [0.1, 0.15) is 37.4 Å². The van der Waals surface area contributed by atoms with Crippen molar-refractivity contribution in [1.82, 2.24) is 5.32 Å². The predicted molar refractivity (Wildman–Crippen MR) is 74.8 cm³/mol. The Morgan fingerprint density at radius 1 is 1.41 bits per heavy atom. The molecule has 3 heteroatoms. The van der Waals surface area contributed by atoms with E-state index in [4.69, 9.17) is 4.74 Å². The van der Waals surface area contributed by atoms with Crippen molar-refractivity contribution in [3.63, 3.8) is 0 Å². The fourth-order valence-corrected chi connectivity index (χ4v) is 3.81. The van der Waals surface area contributed by atoms with E-state index in [0.29, 0.717) is 11.3 Å². The highest BCUT2D eigenvalue weighted by atomic mass is 32.2. The third-order valence-electron chi connectivity index (χ3n) is 3.30. The summed E-state index contributed by atoms with van der Waals surface area (Å²) in [5, 5.41) is 4.12. The molecular weight excluding hydrogens is 230 g/mol. The van der Waals surface area contributed by atoms with Crippen molar-refractivity contribution >= 4 is 11.8 Å². The second-order valence-corrected chi connectivity index (χ2v) is 5.55. The summed E-state index contributed by atoms with van der Waals surface area (Å²) in [6.45, 7) is 5.02. The lowest BCUT2D eigenvalue weighted by molar-refractivity contribution is 0.339. The van der Waals surface area contributed by atoms with Crippen molar-refractivity contribution in [1.29, 1.82) is 0 Å². The molecule has 1 aliphatic heterocycles. The number of nitrogens with one attached hydrogen (secondary N) is 1. The fourth-order valence-electron chi connectivity index (χ4n) is 2.44. The van der Waals surface area contributed by atoms with E-state index in [2.05, 4.69) is 49.2 Å². The van der Waals surface area contributed by atoms with Crippen LogP contribution in [0.2, 0.25) is 0 Å². The van der Waals surface area contributed by atoms with Gasteiger partial charge in [0, 0.05) is 17.0 Å². The molecule has 2 nitrogen and oxygen atoms in total. The second-order valence-electron chi connectivity index (χ2n) is 4.32. The van der Waals surface area contributed by atoms with E-state index < -0.39 is 0 Å². The zero-order valence-electron chi connectivity index (χ0n) is 10.8. The van der Waals surface area contributed by atoms with Gasteiger partial charge in [-0.3, -0.25) is 0 Å². The normalized spacial score (nSPS) is 23.2. The third kappa shape index (κ3) is 2.61. The Labute approximate surface area is 108 Å². The van der Waals surface area contributed by atoms with Crippen molar-refractivity contribution in [2.24, 2.45) is 0 Å². The van der Waals surface area contributed by atoms with Gasteiger partial charge in [0.15, 0.2) is 0 Å². The van der Waals surface area contributed by atoms with Crippen LogP contribution in [0.15, 0.2) is 18.2 Å². The van der Waals surface area contributed by atoms with Gasteiger partial charge in [0.1, 0.15) is 5.75 Å². The first-order valence-electron chi connectivity index (χ1n) is 6.34. The van der Waals surface area contributed by atoms with Crippen molar-refractivity contribution in [3.05, 3.63) is 29.3 Å². The lowest BCUT2D eigenvalue weighted by Crippen LogP contribution is -2.30. The molecule has 0 saturated heterocycles. The Morgan fingerprint density at radius 2 is 2.24 bits per heavy atom.